The summed E-state index contributed by atoms with van der Waals surface area (Å²) in [5, 5.41) is 18.2. The highest BCUT2D eigenvalue weighted by Crippen LogP contribution is 2.47. The number of halogens is 1. The molecule has 1 aromatic carbocycles. The first-order chi connectivity index (χ1) is 9.34. The summed E-state index contributed by atoms with van der Waals surface area (Å²) in [6.07, 6.45) is 0.788. The highest BCUT2D eigenvalue weighted by molar-refractivity contribution is 5.83. The number of benzene rings is 1. The Hall–Kier alpha value is -1.95. The van der Waals surface area contributed by atoms with E-state index in [-0.39, 0.29) is 12.2 Å². The summed E-state index contributed by atoms with van der Waals surface area (Å²) in [6, 6.07) is 5.73. The molecule has 0 aliphatic heterocycles. The SMILES string of the molecule is NC(CCc1ccc(F)cc1)(C(=O)O)[C@H]1C[C@@H]1C(=O)O. The second-order valence-corrected chi connectivity index (χ2v) is 5.26. The maximum atomic E-state index is 12.8. The van der Waals surface area contributed by atoms with Gasteiger partial charge < -0.3 is 15.9 Å². The first kappa shape index (κ1) is 14.5. The van der Waals surface area contributed by atoms with E-state index in [0.717, 1.165) is 5.56 Å². The van der Waals surface area contributed by atoms with Crippen LogP contribution in [0, 0.1) is 17.7 Å². The van der Waals surface area contributed by atoms with Gasteiger partial charge in [-0.15, -0.1) is 0 Å². The van der Waals surface area contributed by atoms with Crippen molar-refractivity contribution >= 4 is 11.9 Å². The molecular formula is C14H16FNO4. The number of aryl methyl sites for hydroxylation is 1. The van der Waals surface area contributed by atoms with E-state index >= 15 is 0 Å². The van der Waals surface area contributed by atoms with Crippen LogP contribution in [0.4, 0.5) is 4.39 Å². The summed E-state index contributed by atoms with van der Waals surface area (Å²) < 4.78 is 12.8. The summed E-state index contributed by atoms with van der Waals surface area (Å²) in [4.78, 5) is 22.2. The van der Waals surface area contributed by atoms with Crippen LogP contribution in [0.1, 0.15) is 18.4 Å². The van der Waals surface area contributed by atoms with Gasteiger partial charge in [0.15, 0.2) is 0 Å². The van der Waals surface area contributed by atoms with E-state index in [1.807, 2.05) is 0 Å². The maximum absolute atomic E-state index is 12.8. The molecule has 108 valence electrons. The smallest absolute Gasteiger partial charge is 0.324 e. The van der Waals surface area contributed by atoms with Gasteiger partial charge in [-0.05, 0) is 37.0 Å². The van der Waals surface area contributed by atoms with Crippen LogP contribution >= 0.6 is 0 Å². The number of rotatable bonds is 6. The number of hydrogen-bond donors (Lipinski definition) is 3. The van der Waals surface area contributed by atoms with Crippen molar-refractivity contribution in [2.45, 2.75) is 24.8 Å². The Kier molecular flexibility index (Phi) is 3.76. The second-order valence-electron chi connectivity index (χ2n) is 5.26. The summed E-state index contributed by atoms with van der Waals surface area (Å²) in [5.41, 5.74) is 5.14. The first-order valence-electron chi connectivity index (χ1n) is 6.34. The number of carboxylic acid groups (broad SMARTS) is 2. The highest BCUT2D eigenvalue weighted by Gasteiger charge is 2.57. The van der Waals surface area contributed by atoms with Crippen molar-refractivity contribution in [1.29, 1.82) is 0 Å². The zero-order chi connectivity index (χ0) is 14.9. The molecule has 1 saturated carbocycles. The quantitative estimate of drug-likeness (QED) is 0.728. The summed E-state index contributed by atoms with van der Waals surface area (Å²) in [7, 11) is 0. The van der Waals surface area contributed by atoms with E-state index in [4.69, 9.17) is 10.8 Å². The van der Waals surface area contributed by atoms with E-state index < -0.39 is 29.3 Å². The lowest BCUT2D eigenvalue weighted by Crippen LogP contribution is -2.51. The molecule has 0 amide bonds. The van der Waals surface area contributed by atoms with Crippen LogP contribution in [0.5, 0.6) is 0 Å². The van der Waals surface area contributed by atoms with Crippen molar-refractivity contribution < 1.29 is 24.2 Å². The van der Waals surface area contributed by atoms with Crippen molar-refractivity contribution in [2.75, 3.05) is 0 Å². The first-order valence-corrected chi connectivity index (χ1v) is 6.34. The molecule has 0 bridgehead atoms. The van der Waals surface area contributed by atoms with Crippen molar-refractivity contribution in [2.24, 2.45) is 17.6 Å². The largest absolute Gasteiger partial charge is 0.481 e. The molecular weight excluding hydrogens is 265 g/mol. The number of hydrogen-bond acceptors (Lipinski definition) is 3. The fourth-order valence-corrected chi connectivity index (χ4v) is 2.49. The second kappa shape index (κ2) is 5.20. The van der Waals surface area contributed by atoms with Gasteiger partial charge in [0, 0.05) is 5.92 Å². The fourth-order valence-electron chi connectivity index (χ4n) is 2.49. The normalized spacial score (nSPS) is 23.9. The maximum Gasteiger partial charge on any atom is 0.324 e. The molecule has 1 aromatic rings. The molecule has 0 radical (unpaired) electrons. The molecule has 1 unspecified atom stereocenters. The molecule has 1 aliphatic rings. The van der Waals surface area contributed by atoms with Gasteiger partial charge in [-0.25, -0.2) is 4.39 Å². The van der Waals surface area contributed by atoms with Crippen LogP contribution in [-0.4, -0.2) is 27.7 Å². The molecule has 0 aromatic heterocycles. The minimum absolute atomic E-state index is 0.127. The lowest BCUT2D eigenvalue weighted by Gasteiger charge is -2.25. The highest BCUT2D eigenvalue weighted by atomic mass is 19.1. The molecule has 6 heteroatoms. The minimum Gasteiger partial charge on any atom is -0.481 e. The predicted octanol–water partition coefficient (Wildman–Crippen LogP) is 1.26. The zero-order valence-electron chi connectivity index (χ0n) is 10.8. The third kappa shape index (κ3) is 2.80. The Morgan fingerprint density at radius 2 is 1.90 bits per heavy atom. The summed E-state index contributed by atoms with van der Waals surface area (Å²) in [6.45, 7) is 0. The van der Waals surface area contributed by atoms with E-state index in [1.54, 1.807) is 12.1 Å². The van der Waals surface area contributed by atoms with Crippen LogP contribution in [0.25, 0.3) is 0 Å². The zero-order valence-corrected chi connectivity index (χ0v) is 10.8. The third-order valence-corrected chi connectivity index (χ3v) is 3.91. The molecule has 3 atom stereocenters. The van der Waals surface area contributed by atoms with Crippen molar-refractivity contribution in [3.63, 3.8) is 0 Å². The van der Waals surface area contributed by atoms with Crippen LogP contribution < -0.4 is 5.73 Å². The lowest BCUT2D eigenvalue weighted by molar-refractivity contribution is -0.145. The Bertz CT molecular complexity index is 530. The third-order valence-electron chi connectivity index (χ3n) is 3.91. The van der Waals surface area contributed by atoms with Gasteiger partial charge in [0.2, 0.25) is 0 Å². The van der Waals surface area contributed by atoms with E-state index in [2.05, 4.69) is 0 Å². The van der Waals surface area contributed by atoms with Gasteiger partial charge in [0.25, 0.3) is 0 Å². The standard InChI is InChI=1S/C14H16FNO4/c15-9-3-1-8(2-4-9)5-6-14(16,13(19)20)11-7-10(11)12(17)18/h1-4,10-11H,5-7,16H2,(H,17,18)(H,19,20)/t10-,11-,14?/m0/s1. The van der Waals surface area contributed by atoms with Gasteiger partial charge in [0.1, 0.15) is 11.4 Å². The molecule has 0 saturated heterocycles. The summed E-state index contributed by atoms with van der Waals surface area (Å²) in [5.74, 6) is -3.78. The average molecular weight is 281 g/mol. The molecule has 20 heavy (non-hydrogen) atoms. The lowest BCUT2D eigenvalue weighted by atomic mass is 9.86. The Labute approximate surface area is 115 Å². The van der Waals surface area contributed by atoms with Crippen molar-refractivity contribution in [1.82, 2.24) is 0 Å². The van der Waals surface area contributed by atoms with Gasteiger partial charge >= 0.3 is 11.9 Å². The fraction of sp³-hybridized carbons (Fsp3) is 0.429. The minimum atomic E-state index is -1.54. The van der Waals surface area contributed by atoms with Gasteiger partial charge in [-0.3, -0.25) is 9.59 Å². The molecule has 5 nitrogen and oxygen atoms in total. The van der Waals surface area contributed by atoms with E-state index in [1.165, 1.54) is 12.1 Å². The van der Waals surface area contributed by atoms with E-state index in [0.29, 0.717) is 12.8 Å². The Morgan fingerprint density at radius 3 is 2.35 bits per heavy atom. The van der Waals surface area contributed by atoms with Crippen LogP contribution in [0.15, 0.2) is 24.3 Å². The van der Waals surface area contributed by atoms with Crippen molar-refractivity contribution in [3.05, 3.63) is 35.6 Å². The topological polar surface area (TPSA) is 101 Å². The molecule has 0 heterocycles. The predicted molar refractivity (Wildman–Crippen MR) is 68.5 cm³/mol. The molecule has 1 aliphatic carbocycles. The molecule has 2 rings (SSSR count). The van der Waals surface area contributed by atoms with Gasteiger partial charge in [0.05, 0.1) is 5.92 Å². The monoisotopic (exact) mass is 281 g/mol. The Morgan fingerprint density at radius 1 is 1.30 bits per heavy atom. The number of nitrogens with two attached hydrogens (primary N) is 1. The van der Waals surface area contributed by atoms with E-state index in [9.17, 15) is 19.1 Å². The van der Waals surface area contributed by atoms with Crippen LogP contribution in [0.2, 0.25) is 0 Å². The number of aliphatic carboxylic acids is 2. The molecule has 0 spiro atoms. The van der Waals surface area contributed by atoms with Gasteiger partial charge in [-0.1, -0.05) is 12.1 Å². The number of carboxylic acids is 2. The average Bonchev–Trinajstić information content (AvgIpc) is 3.18. The molecule has 4 N–H and O–H groups in total. The molecule has 1 fully saturated rings. The Balaban J connectivity index is 2.05. The summed E-state index contributed by atoms with van der Waals surface area (Å²) >= 11 is 0. The van der Waals surface area contributed by atoms with Crippen LogP contribution in [0.3, 0.4) is 0 Å². The number of carbonyl (C=O) groups is 2. The van der Waals surface area contributed by atoms with Crippen molar-refractivity contribution in [3.8, 4) is 0 Å². The van der Waals surface area contributed by atoms with Gasteiger partial charge in [-0.2, -0.15) is 0 Å². The van der Waals surface area contributed by atoms with Crippen LogP contribution in [-0.2, 0) is 16.0 Å².